The van der Waals surface area contributed by atoms with Gasteiger partial charge in [-0.25, -0.2) is 4.68 Å². The third-order valence-corrected chi connectivity index (χ3v) is 7.42. The van der Waals surface area contributed by atoms with Crippen molar-refractivity contribution in [3.05, 3.63) is 77.1 Å². The molecule has 11 heteroatoms. The summed E-state index contributed by atoms with van der Waals surface area (Å²) < 4.78 is 1.75. The van der Waals surface area contributed by atoms with Crippen molar-refractivity contribution in [1.82, 2.24) is 30.0 Å². The summed E-state index contributed by atoms with van der Waals surface area (Å²) in [4.78, 5) is 28.2. The smallest absolute Gasteiger partial charge is 0.550 e. The zero-order valence-electron chi connectivity index (χ0n) is 25.3. The number of benzene rings is 2. The quantitative estimate of drug-likeness (QED) is 0.267. The van der Waals surface area contributed by atoms with Crippen molar-refractivity contribution in [2.24, 2.45) is 5.41 Å². The monoisotopic (exact) mass is 584 g/mol. The van der Waals surface area contributed by atoms with Crippen molar-refractivity contribution >= 4 is 11.9 Å². The predicted molar refractivity (Wildman–Crippen MR) is 152 cm³/mol. The number of tetrazole rings is 1. The fourth-order valence-electron chi connectivity index (χ4n) is 5.47. The Morgan fingerprint density at radius 2 is 1.76 bits per heavy atom. The molecular weight excluding hydrogens is 543 g/mol. The minimum absolute atomic E-state index is 0. The Morgan fingerprint density at radius 3 is 2.45 bits per heavy atom. The Balaban J connectivity index is 0.00000484. The summed E-state index contributed by atoms with van der Waals surface area (Å²) in [6.45, 7) is 8.81. The standard InChI is InChI=1S/C31H42N6O4.Na/c1-31(2,3)19-27(36(22-26(38)18-29(40)41)20-23-10-5-4-6-11-23)30-32-33-34-37(30)16-9-14-28(39)35-17-15-24-12-7-8-13-25(24)21-35;/h4-8,10-13,26-27,38H,9,14-22H2,1-3H3,(H,40,41);/q;+1/p-1/t26?,27-;/m1./s1. The first-order valence-electron chi connectivity index (χ1n) is 14.4. The first kappa shape index (κ1) is 33.9. The summed E-state index contributed by atoms with van der Waals surface area (Å²) in [6.07, 6.45) is 0.954. The number of carbonyl (C=O) groups excluding carboxylic acids is 2. The van der Waals surface area contributed by atoms with E-state index >= 15 is 0 Å². The molecule has 0 fully saturated rings. The fourth-order valence-corrected chi connectivity index (χ4v) is 5.47. The molecule has 1 aliphatic rings. The van der Waals surface area contributed by atoms with Gasteiger partial charge in [0.2, 0.25) is 5.91 Å². The van der Waals surface area contributed by atoms with E-state index in [0.717, 1.165) is 18.5 Å². The average molecular weight is 585 g/mol. The van der Waals surface area contributed by atoms with Crippen LogP contribution >= 0.6 is 0 Å². The van der Waals surface area contributed by atoms with Gasteiger partial charge < -0.3 is 19.9 Å². The molecule has 10 nitrogen and oxygen atoms in total. The van der Waals surface area contributed by atoms with Crippen LogP contribution in [0, 0.1) is 5.41 Å². The number of fused-ring (bicyclic) bond motifs is 1. The molecule has 0 spiro atoms. The number of carboxylic acids is 1. The average Bonchev–Trinajstić information content (AvgIpc) is 3.39. The van der Waals surface area contributed by atoms with Crippen LogP contribution in [0.4, 0.5) is 0 Å². The number of aliphatic carboxylic acids is 1. The van der Waals surface area contributed by atoms with Gasteiger partial charge in [0, 0.05) is 51.5 Å². The topological polar surface area (TPSA) is 128 Å². The van der Waals surface area contributed by atoms with Gasteiger partial charge in [0.15, 0.2) is 5.82 Å². The summed E-state index contributed by atoms with van der Waals surface area (Å²) in [7, 11) is 0. The van der Waals surface area contributed by atoms with Gasteiger partial charge in [-0.15, -0.1) is 5.10 Å². The minimum Gasteiger partial charge on any atom is -0.550 e. The van der Waals surface area contributed by atoms with Crippen molar-refractivity contribution in [2.75, 3.05) is 13.1 Å². The number of aryl methyl sites for hydroxylation is 1. The maximum atomic E-state index is 13.0. The van der Waals surface area contributed by atoms with Gasteiger partial charge in [0.25, 0.3) is 0 Å². The van der Waals surface area contributed by atoms with Gasteiger partial charge >= 0.3 is 29.6 Å². The number of rotatable bonds is 13. The molecule has 2 aromatic carbocycles. The number of aromatic nitrogens is 4. The van der Waals surface area contributed by atoms with E-state index in [1.807, 2.05) is 52.3 Å². The number of carbonyl (C=O) groups is 2. The number of nitrogens with zero attached hydrogens (tertiary/aromatic N) is 6. The second-order valence-corrected chi connectivity index (χ2v) is 12.1. The predicted octanol–water partition coefficient (Wildman–Crippen LogP) is -0.477. The van der Waals surface area contributed by atoms with Crippen LogP contribution in [0.15, 0.2) is 54.6 Å². The summed E-state index contributed by atoms with van der Waals surface area (Å²) in [5, 5.41) is 34.5. The van der Waals surface area contributed by atoms with E-state index in [2.05, 4.69) is 48.4 Å². The maximum Gasteiger partial charge on any atom is 1.00 e. The third kappa shape index (κ3) is 9.98. The van der Waals surface area contributed by atoms with E-state index in [1.165, 1.54) is 11.1 Å². The van der Waals surface area contributed by atoms with Crippen LogP contribution in [0.1, 0.15) is 75.0 Å². The molecule has 1 unspecified atom stereocenters. The van der Waals surface area contributed by atoms with Crippen LogP contribution < -0.4 is 34.7 Å². The first-order chi connectivity index (χ1) is 19.6. The zero-order valence-corrected chi connectivity index (χ0v) is 27.3. The van der Waals surface area contributed by atoms with E-state index in [4.69, 9.17) is 0 Å². The van der Waals surface area contributed by atoms with Gasteiger partial charge in [-0.1, -0.05) is 75.4 Å². The second-order valence-electron chi connectivity index (χ2n) is 12.1. The Bertz CT molecular complexity index is 1300. The number of aliphatic hydroxyl groups is 1. The molecule has 0 aliphatic carbocycles. The molecule has 3 aromatic rings. The largest absolute Gasteiger partial charge is 1.00 e. The van der Waals surface area contributed by atoms with E-state index in [-0.39, 0.29) is 53.5 Å². The SMILES string of the molecule is CC(C)(C)C[C@H](c1nnnn1CCCC(=O)N1CCc2ccccc2C1)N(Cc1ccccc1)CC(O)CC(=O)[O-].[Na+]. The van der Waals surface area contributed by atoms with Crippen LogP contribution in [-0.2, 0) is 35.6 Å². The molecule has 1 N–H and O–H groups in total. The zero-order chi connectivity index (χ0) is 29.4. The Morgan fingerprint density at radius 1 is 1.07 bits per heavy atom. The van der Waals surface area contributed by atoms with Crippen molar-refractivity contribution in [3.63, 3.8) is 0 Å². The molecule has 0 radical (unpaired) electrons. The molecular formula is C31H41N6NaO4. The Labute approximate surface area is 270 Å². The third-order valence-electron chi connectivity index (χ3n) is 7.42. The molecule has 0 bridgehead atoms. The normalized spacial score (nSPS) is 14.6. The van der Waals surface area contributed by atoms with Crippen LogP contribution in [0.5, 0.6) is 0 Å². The minimum atomic E-state index is -1.30. The molecule has 2 atom stereocenters. The summed E-state index contributed by atoms with van der Waals surface area (Å²) in [6, 6.07) is 17.8. The van der Waals surface area contributed by atoms with E-state index in [9.17, 15) is 19.8 Å². The van der Waals surface area contributed by atoms with Crippen LogP contribution in [0.25, 0.3) is 0 Å². The van der Waals surface area contributed by atoms with Gasteiger partial charge in [-0.05, 0) is 51.8 Å². The van der Waals surface area contributed by atoms with Crippen LogP contribution in [-0.4, -0.2) is 66.2 Å². The van der Waals surface area contributed by atoms with Crippen molar-refractivity contribution in [3.8, 4) is 0 Å². The number of hydrogen-bond acceptors (Lipinski definition) is 8. The van der Waals surface area contributed by atoms with Crippen molar-refractivity contribution in [2.45, 2.75) is 84.7 Å². The Hall–Kier alpha value is -2.63. The van der Waals surface area contributed by atoms with Crippen molar-refractivity contribution < 1.29 is 49.4 Å². The van der Waals surface area contributed by atoms with Gasteiger partial charge in [-0.2, -0.15) is 0 Å². The molecule has 4 rings (SSSR count). The molecule has 1 aromatic heterocycles. The summed E-state index contributed by atoms with van der Waals surface area (Å²) in [5.74, 6) is -0.538. The summed E-state index contributed by atoms with van der Waals surface area (Å²) in [5.41, 5.74) is 3.43. The Kier molecular flexibility index (Phi) is 12.7. The molecule has 2 heterocycles. The van der Waals surface area contributed by atoms with E-state index < -0.39 is 18.5 Å². The molecule has 0 saturated heterocycles. The molecule has 0 saturated carbocycles. The number of aliphatic hydroxyl groups excluding tert-OH is 1. The molecule has 42 heavy (non-hydrogen) atoms. The van der Waals surface area contributed by atoms with Gasteiger partial charge in [0.1, 0.15) is 0 Å². The first-order valence-corrected chi connectivity index (χ1v) is 14.4. The van der Waals surface area contributed by atoms with E-state index in [0.29, 0.717) is 44.7 Å². The molecule has 1 aliphatic heterocycles. The fraction of sp³-hybridized carbons (Fsp3) is 0.516. The molecule has 1 amide bonds. The number of amides is 1. The van der Waals surface area contributed by atoms with Crippen LogP contribution in [0.3, 0.4) is 0 Å². The van der Waals surface area contributed by atoms with Crippen molar-refractivity contribution in [1.29, 1.82) is 0 Å². The number of carboxylic acid groups (broad SMARTS) is 1. The molecule has 220 valence electrons. The van der Waals surface area contributed by atoms with Gasteiger partial charge in [-0.3, -0.25) is 9.69 Å². The maximum absolute atomic E-state index is 13.0. The van der Waals surface area contributed by atoms with E-state index in [1.54, 1.807) is 4.68 Å². The second kappa shape index (κ2) is 15.7. The van der Waals surface area contributed by atoms with Crippen LogP contribution in [0.2, 0.25) is 0 Å². The summed E-state index contributed by atoms with van der Waals surface area (Å²) >= 11 is 0. The van der Waals surface area contributed by atoms with Gasteiger partial charge in [0.05, 0.1) is 12.1 Å². The number of hydrogen-bond donors (Lipinski definition) is 1.